The normalized spacial score (nSPS) is 10.9. The summed E-state index contributed by atoms with van der Waals surface area (Å²) in [5.74, 6) is 0. The van der Waals surface area contributed by atoms with Crippen molar-refractivity contribution in [1.82, 2.24) is 4.98 Å². The lowest BCUT2D eigenvalue weighted by Crippen LogP contribution is -2.05. The summed E-state index contributed by atoms with van der Waals surface area (Å²) in [5, 5.41) is 0.208. The van der Waals surface area contributed by atoms with Gasteiger partial charge >= 0.3 is 0 Å². The zero-order valence-electron chi connectivity index (χ0n) is 6.40. The highest BCUT2D eigenvalue weighted by Crippen LogP contribution is 2.28. The highest BCUT2D eigenvalue weighted by Gasteiger charge is 2.17. The fourth-order valence-electron chi connectivity index (χ4n) is 0.911. The Balaban J connectivity index is 3.29. The molecular weight excluding hydrogens is 265 g/mol. The van der Waals surface area contributed by atoms with E-state index in [1.807, 2.05) is 0 Å². The molecule has 1 rings (SSSR count). The van der Waals surface area contributed by atoms with Crippen LogP contribution in [-0.2, 0) is 6.54 Å². The highest BCUT2D eigenvalue weighted by atomic mass is 79.9. The molecule has 6 heteroatoms. The van der Waals surface area contributed by atoms with Gasteiger partial charge in [0.15, 0.2) is 0 Å². The molecule has 0 saturated heterocycles. The number of halogens is 4. The van der Waals surface area contributed by atoms with E-state index in [2.05, 4.69) is 20.9 Å². The molecule has 72 valence electrons. The number of nitrogens with two attached hydrogens (primary N) is 1. The minimum atomic E-state index is -2.66. The summed E-state index contributed by atoms with van der Waals surface area (Å²) in [6.07, 6.45) is -2.66. The molecule has 13 heavy (non-hydrogen) atoms. The molecule has 1 aromatic rings. The van der Waals surface area contributed by atoms with Crippen molar-refractivity contribution in [2.24, 2.45) is 5.73 Å². The van der Waals surface area contributed by atoms with E-state index in [1.165, 1.54) is 6.07 Å². The van der Waals surface area contributed by atoms with Crippen LogP contribution in [-0.4, -0.2) is 4.98 Å². The van der Waals surface area contributed by atoms with Crippen LogP contribution in [0.3, 0.4) is 0 Å². The van der Waals surface area contributed by atoms with E-state index in [1.54, 1.807) is 0 Å². The summed E-state index contributed by atoms with van der Waals surface area (Å²) in [6, 6.07) is 1.44. The molecule has 0 amide bonds. The second-order valence-electron chi connectivity index (χ2n) is 2.30. The molecule has 2 N–H and O–H groups in total. The standard InChI is InChI=1S/C7H6BrClF2N2/c8-5-1-4(9)3(2-12)6(13-5)7(10)11/h1,7H,2,12H2. The van der Waals surface area contributed by atoms with Gasteiger partial charge < -0.3 is 5.73 Å². The Morgan fingerprint density at radius 3 is 2.69 bits per heavy atom. The summed E-state index contributed by atoms with van der Waals surface area (Å²) in [6.45, 7) is -0.0429. The Kier molecular flexibility index (Phi) is 3.58. The molecule has 0 aromatic carbocycles. The van der Waals surface area contributed by atoms with Gasteiger partial charge in [0.05, 0.1) is 0 Å². The first-order valence-corrected chi connectivity index (χ1v) is 4.56. The second-order valence-corrected chi connectivity index (χ2v) is 3.52. The van der Waals surface area contributed by atoms with Crippen molar-refractivity contribution >= 4 is 27.5 Å². The van der Waals surface area contributed by atoms with Gasteiger partial charge in [-0.3, -0.25) is 0 Å². The third kappa shape index (κ3) is 2.36. The van der Waals surface area contributed by atoms with Gasteiger partial charge in [-0.25, -0.2) is 13.8 Å². The van der Waals surface area contributed by atoms with Crippen molar-refractivity contribution < 1.29 is 8.78 Å². The van der Waals surface area contributed by atoms with Crippen LogP contribution in [0.4, 0.5) is 8.78 Å². The molecule has 0 unspecified atom stereocenters. The number of aromatic nitrogens is 1. The number of hydrogen-bond acceptors (Lipinski definition) is 2. The molecule has 0 aliphatic rings. The smallest absolute Gasteiger partial charge is 0.280 e. The van der Waals surface area contributed by atoms with E-state index >= 15 is 0 Å². The van der Waals surface area contributed by atoms with Crippen LogP contribution in [0.1, 0.15) is 17.7 Å². The number of hydrogen-bond donors (Lipinski definition) is 1. The van der Waals surface area contributed by atoms with E-state index < -0.39 is 6.43 Å². The van der Waals surface area contributed by atoms with E-state index in [0.29, 0.717) is 0 Å². The summed E-state index contributed by atoms with van der Waals surface area (Å²) >= 11 is 8.67. The van der Waals surface area contributed by atoms with Crippen LogP contribution in [0.5, 0.6) is 0 Å². The van der Waals surface area contributed by atoms with Gasteiger partial charge in [-0.15, -0.1) is 0 Å². The van der Waals surface area contributed by atoms with Gasteiger partial charge in [0.1, 0.15) is 10.3 Å². The second kappa shape index (κ2) is 4.30. The number of nitrogens with zero attached hydrogens (tertiary/aromatic N) is 1. The Morgan fingerprint density at radius 2 is 2.23 bits per heavy atom. The molecule has 1 heterocycles. The van der Waals surface area contributed by atoms with Crippen LogP contribution in [0, 0.1) is 0 Å². The van der Waals surface area contributed by atoms with Crippen molar-refractivity contribution in [3.8, 4) is 0 Å². The quantitative estimate of drug-likeness (QED) is 0.840. The van der Waals surface area contributed by atoms with Gasteiger partial charge in [-0.1, -0.05) is 11.6 Å². The molecule has 1 aromatic heterocycles. The first kappa shape index (κ1) is 10.8. The Morgan fingerprint density at radius 1 is 1.62 bits per heavy atom. The zero-order chi connectivity index (χ0) is 10.0. The van der Waals surface area contributed by atoms with Crippen molar-refractivity contribution in [2.45, 2.75) is 13.0 Å². The van der Waals surface area contributed by atoms with E-state index in [9.17, 15) is 8.78 Å². The molecule has 2 nitrogen and oxygen atoms in total. The average molecular weight is 271 g/mol. The average Bonchev–Trinajstić information content (AvgIpc) is 2.02. The molecule has 0 saturated carbocycles. The van der Waals surface area contributed by atoms with Crippen molar-refractivity contribution in [3.63, 3.8) is 0 Å². The Labute approximate surface area is 87.2 Å². The first-order valence-electron chi connectivity index (χ1n) is 3.39. The molecule has 0 bridgehead atoms. The minimum Gasteiger partial charge on any atom is -0.326 e. The predicted molar refractivity (Wildman–Crippen MR) is 49.8 cm³/mol. The van der Waals surface area contributed by atoms with E-state index in [4.69, 9.17) is 17.3 Å². The lowest BCUT2D eigenvalue weighted by atomic mass is 10.2. The van der Waals surface area contributed by atoms with Crippen LogP contribution in [0.25, 0.3) is 0 Å². The lowest BCUT2D eigenvalue weighted by molar-refractivity contribution is 0.144. The Hall–Kier alpha value is -0.260. The van der Waals surface area contributed by atoms with Gasteiger partial charge in [-0.2, -0.15) is 0 Å². The van der Waals surface area contributed by atoms with E-state index in [0.717, 1.165) is 0 Å². The van der Waals surface area contributed by atoms with Gasteiger partial charge in [-0.05, 0) is 22.0 Å². The van der Waals surface area contributed by atoms with Crippen molar-refractivity contribution in [2.75, 3.05) is 0 Å². The first-order chi connectivity index (χ1) is 6.06. The Bertz CT molecular complexity index is 320. The van der Waals surface area contributed by atoms with Crippen LogP contribution >= 0.6 is 27.5 Å². The zero-order valence-corrected chi connectivity index (χ0v) is 8.74. The molecule has 0 aliphatic heterocycles. The third-order valence-electron chi connectivity index (χ3n) is 1.48. The minimum absolute atomic E-state index is 0.0429. The summed E-state index contributed by atoms with van der Waals surface area (Å²) < 4.78 is 25.0. The summed E-state index contributed by atoms with van der Waals surface area (Å²) in [4.78, 5) is 3.61. The van der Waals surface area contributed by atoms with Gasteiger partial charge in [0.2, 0.25) is 0 Å². The van der Waals surface area contributed by atoms with Crippen LogP contribution < -0.4 is 5.73 Å². The number of alkyl halides is 2. The highest BCUT2D eigenvalue weighted by molar-refractivity contribution is 9.10. The molecule has 0 radical (unpaired) electrons. The number of pyridine rings is 1. The molecular formula is C7H6BrClF2N2. The maximum atomic E-state index is 12.4. The van der Waals surface area contributed by atoms with Gasteiger partial charge in [0.25, 0.3) is 6.43 Å². The fraction of sp³-hybridized carbons (Fsp3) is 0.286. The molecule has 0 atom stereocenters. The monoisotopic (exact) mass is 270 g/mol. The van der Waals surface area contributed by atoms with Gasteiger partial charge in [0, 0.05) is 17.1 Å². The topological polar surface area (TPSA) is 38.9 Å². The predicted octanol–water partition coefficient (Wildman–Crippen LogP) is 2.89. The van der Waals surface area contributed by atoms with Crippen LogP contribution in [0.15, 0.2) is 10.7 Å². The van der Waals surface area contributed by atoms with E-state index in [-0.39, 0.29) is 27.4 Å². The third-order valence-corrected chi connectivity index (χ3v) is 2.22. The molecule has 0 fully saturated rings. The maximum Gasteiger partial charge on any atom is 0.280 e. The fourth-order valence-corrected chi connectivity index (χ4v) is 1.74. The SMILES string of the molecule is NCc1c(Cl)cc(Br)nc1C(F)F. The number of rotatable bonds is 2. The lowest BCUT2D eigenvalue weighted by Gasteiger charge is -2.08. The maximum absolute atomic E-state index is 12.4. The van der Waals surface area contributed by atoms with Crippen molar-refractivity contribution in [3.05, 3.63) is 26.9 Å². The van der Waals surface area contributed by atoms with Crippen molar-refractivity contribution in [1.29, 1.82) is 0 Å². The van der Waals surface area contributed by atoms with Crippen LogP contribution in [0.2, 0.25) is 5.02 Å². The largest absolute Gasteiger partial charge is 0.326 e. The summed E-state index contributed by atoms with van der Waals surface area (Å²) in [5.41, 5.74) is 5.10. The molecule has 0 spiro atoms. The summed E-state index contributed by atoms with van der Waals surface area (Å²) in [7, 11) is 0. The molecule has 0 aliphatic carbocycles.